The second-order valence-electron chi connectivity index (χ2n) is 8.22. The van der Waals surface area contributed by atoms with Gasteiger partial charge in [0, 0.05) is 23.9 Å². The van der Waals surface area contributed by atoms with Gasteiger partial charge in [-0.2, -0.15) is 5.10 Å². The Morgan fingerprint density at radius 2 is 1.94 bits per heavy atom. The van der Waals surface area contributed by atoms with Crippen LogP contribution < -0.4 is 5.32 Å². The molecule has 0 unspecified atom stereocenters. The van der Waals surface area contributed by atoms with Crippen LogP contribution in [0.4, 0.5) is 5.69 Å². The second-order valence-corrected chi connectivity index (χ2v) is 8.22. The van der Waals surface area contributed by atoms with Crippen molar-refractivity contribution in [1.82, 2.24) is 25.1 Å². The quantitative estimate of drug-likeness (QED) is 0.296. The number of carbonyl (C=O) groups is 1. The van der Waals surface area contributed by atoms with Crippen LogP contribution in [0.1, 0.15) is 38.7 Å². The fraction of sp³-hybridized carbons (Fsp3) is 0.231. The predicted octanol–water partition coefficient (Wildman–Crippen LogP) is 5.86. The molecule has 3 N–H and O–H groups in total. The lowest BCUT2D eigenvalue weighted by molar-refractivity contribution is -0.116. The van der Waals surface area contributed by atoms with Crippen molar-refractivity contribution in [2.24, 2.45) is 0 Å². The summed E-state index contributed by atoms with van der Waals surface area (Å²) in [6.07, 6.45) is 5.11. The van der Waals surface area contributed by atoms with Crippen molar-refractivity contribution < 1.29 is 4.79 Å². The van der Waals surface area contributed by atoms with Crippen LogP contribution in [0, 0.1) is 0 Å². The Morgan fingerprint density at radius 3 is 2.76 bits per heavy atom. The van der Waals surface area contributed by atoms with E-state index in [2.05, 4.69) is 51.5 Å². The highest BCUT2D eigenvalue weighted by atomic mass is 16.1. The highest BCUT2D eigenvalue weighted by Crippen LogP contribution is 2.31. The summed E-state index contributed by atoms with van der Waals surface area (Å²) in [5, 5.41) is 11.4. The number of carbonyl (C=O) groups excluding carboxylic acids is 1. The van der Waals surface area contributed by atoms with E-state index in [0.29, 0.717) is 12.1 Å². The number of amides is 1. The first-order valence-corrected chi connectivity index (χ1v) is 11.4. The van der Waals surface area contributed by atoms with Crippen LogP contribution in [0.15, 0.2) is 54.7 Å². The molecule has 33 heavy (non-hydrogen) atoms. The molecule has 3 aromatic heterocycles. The first-order valence-electron chi connectivity index (χ1n) is 11.4. The van der Waals surface area contributed by atoms with E-state index in [1.165, 1.54) is 0 Å². The Hall–Kier alpha value is -4.00. The Kier molecular flexibility index (Phi) is 5.60. The average molecular weight is 439 g/mol. The van der Waals surface area contributed by atoms with Crippen molar-refractivity contribution in [2.75, 3.05) is 5.32 Å². The number of pyridine rings is 1. The topological polar surface area (TPSA) is 99.3 Å². The summed E-state index contributed by atoms with van der Waals surface area (Å²) in [6.45, 7) is 4.20. The second kappa shape index (κ2) is 8.86. The molecule has 0 aliphatic carbocycles. The molecule has 0 aliphatic heterocycles. The van der Waals surface area contributed by atoms with Crippen LogP contribution in [0.2, 0.25) is 0 Å². The Morgan fingerprint density at radius 1 is 1.06 bits per heavy atom. The minimum atomic E-state index is 0.0478. The van der Waals surface area contributed by atoms with E-state index in [0.717, 1.165) is 69.6 Å². The minimum Gasteiger partial charge on any atom is -0.337 e. The van der Waals surface area contributed by atoms with Gasteiger partial charge in [-0.15, -0.1) is 0 Å². The SMILES string of the molecule is CCCCC(=O)Nc1cc(CC)cc(-c2cnc3n[nH]c(-c4nc5ccccc5[nH]4)c3c2)c1. The number of nitrogens with one attached hydrogen (secondary N) is 3. The zero-order valence-electron chi connectivity index (χ0n) is 18.8. The highest BCUT2D eigenvalue weighted by molar-refractivity contribution is 5.95. The number of benzene rings is 2. The van der Waals surface area contributed by atoms with Gasteiger partial charge in [0.2, 0.25) is 5.91 Å². The van der Waals surface area contributed by atoms with Crippen molar-refractivity contribution in [3.05, 3.63) is 60.3 Å². The third kappa shape index (κ3) is 4.22. The fourth-order valence-electron chi connectivity index (χ4n) is 4.01. The van der Waals surface area contributed by atoms with E-state index in [4.69, 9.17) is 4.98 Å². The molecular formula is C26H26N6O. The van der Waals surface area contributed by atoms with Gasteiger partial charge in [0.1, 0.15) is 5.69 Å². The van der Waals surface area contributed by atoms with E-state index in [1.807, 2.05) is 42.6 Å². The molecule has 5 rings (SSSR count). The van der Waals surface area contributed by atoms with E-state index in [9.17, 15) is 4.79 Å². The van der Waals surface area contributed by atoms with Crippen LogP contribution in [-0.2, 0) is 11.2 Å². The van der Waals surface area contributed by atoms with Crippen molar-refractivity contribution in [3.8, 4) is 22.6 Å². The average Bonchev–Trinajstić information content (AvgIpc) is 3.45. The molecule has 1 amide bonds. The Bertz CT molecular complexity index is 1420. The molecule has 0 fully saturated rings. The molecule has 166 valence electrons. The number of aromatic amines is 2. The number of hydrogen-bond donors (Lipinski definition) is 3. The summed E-state index contributed by atoms with van der Waals surface area (Å²) in [4.78, 5) is 24.9. The van der Waals surface area contributed by atoms with Crippen LogP contribution in [0.3, 0.4) is 0 Å². The van der Waals surface area contributed by atoms with E-state index >= 15 is 0 Å². The number of fused-ring (bicyclic) bond motifs is 2. The summed E-state index contributed by atoms with van der Waals surface area (Å²) in [5.74, 6) is 0.774. The molecule has 5 aromatic rings. The van der Waals surface area contributed by atoms with Gasteiger partial charge in [-0.3, -0.25) is 9.89 Å². The lowest BCUT2D eigenvalue weighted by atomic mass is 10.0. The monoisotopic (exact) mass is 438 g/mol. The third-order valence-electron chi connectivity index (χ3n) is 5.81. The number of rotatable bonds is 7. The molecule has 3 heterocycles. The summed E-state index contributed by atoms with van der Waals surface area (Å²) in [5.41, 5.74) is 7.24. The summed E-state index contributed by atoms with van der Waals surface area (Å²) >= 11 is 0. The van der Waals surface area contributed by atoms with E-state index in [1.54, 1.807) is 0 Å². The predicted molar refractivity (Wildman–Crippen MR) is 132 cm³/mol. The molecule has 0 aliphatic rings. The normalized spacial score (nSPS) is 11.3. The zero-order valence-corrected chi connectivity index (χ0v) is 18.8. The third-order valence-corrected chi connectivity index (χ3v) is 5.81. The van der Waals surface area contributed by atoms with Crippen LogP contribution >= 0.6 is 0 Å². The number of para-hydroxylation sites is 2. The van der Waals surface area contributed by atoms with Gasteiger partial charge in [0.25, 0.3) is 0 Å². The maximum Gasteiger partial charge on any atom is 0.224 e. The van der Waals surface area contributed by atoms with E-state index in [-0.39, 0.29) is 5.91 Å². The first-order chi connectivity index (χ1) is 16.1. The number of imidazole rings is 1. The van der Waals surface area contributed by atoms with Crippen LogP contribution in [0.5, 0.6) is 0 Å². The number of H-pyrrole nitrogens is 2. The van der Waals surface area contributed by atoms with Gasteiger partial charge in [0.15, 0.2) is 11.5 Å². The van der Waals surface area contributed by atoms with Crippen molar-refractivity contribution in [1.29, 1.82) is 0 Å². The largest absolute Gasteiger partial charge is 0.337 e. The van der Waals surface area contributed by atoms with Crippen molar-refractivity contribution in [3.63, 3.8) is 0 Å². The summed E-state index contributed by atoms with van der Waals surface area (Å²) in [7, 11) is 0. The van der Waals surface area contributed by atoms with Crippen molar-refractivity contribution >= 4 is 33.7 Å². The number of anilines is 1. The number of unbranched alkanes of at least 4 members (excludes halogenated alkanes) is 1. The zero-order chi connectivity index (χ0) is 22.8. The lowest BCUT2D eigenvalue weighted by Gasteiger charge is -2.11. The van der Waals surface area contributed by atoms with Crippen molar-refractivity contribution in [2.45, 2.75) is 39.5 Å². The highest BCUT2D eigenvalue weighted by Gasteiger charge is 2.14. The molecular weight excluding hydrogens is 412 g/mol. The number of aromatic nitrogens is 5. The molecule has 0 saturated heterocycles. The molecule has 0 saturated carbocycles. The Balaban J connectivity index is 1.54. The van der Waals surface area contributed by atoms with Gasteiger partial charge >= 0.3 is 0 Å². The summed E-state index contributed by atoms with van der Waals surface area (Å²) < 4.78 is 0. The van der Waals surface area contributed by atoms with Gasteiger partial charge < -0.3 is 10.3 Å². The smallest absolute Gasteiger partial charge is 0.224 e. The van der Waals surface area contributed by atoms with Gasteiger partial charge in [-0.05, 0) is 54.3 Å². The maximum atomic E-state index is 12.3. The standard InChI is InChI=1S/C26H26N6O/c1-3-5-10-23(33)28-19-12-16(4-2)11-17(13-19)18-14-20-24(31-32-25(20)27-15-18)26-29-21-8-6-7-9-22(21)30-26/h6-9,11-15H,3-5,10H2,1-2H3,(H,28,33)(H,29,30)(H,27,31,32). The molecule has 2 aromatic carbocycles. The molecule has 0 spiro atoms. The molecule has 7 nitrogen and oxygen atoms in total. The number of aryl methyl sites for hydroxylation is 1. The molecule has 0 atom stereocenters. The van der Waals surface area contributed by atoms with Crippen LogP contribution in [0.25, 0.3) is 44.7 Å². The number of hydrogen-bond acceptors (Lipinski definition) is 4. The van der Waals surface area contributed by atoms with Gasteiger partial charge in [0.05, 0.1) is 16.4 Å². The molecule has 7 heteroatoms. The molecule has 0 radical (unpaired) electrons. The van der Waals surface area contributed by atoms with E-state index < -0.39 is 0 Å². The summed E-state index contributed by atoms with van der Waals surface area (Å²) in [6, 6.07) is 16.2. The minimum absolute atomic E-state index is 0.0478. The Labute approximate surface area is 191 Å². The van der Waals surface area contributed by atoms with Gasteiger partial charge in [-0.25, -0.2) is 9.97 Å². The fourth-order valence-corrected chi connectivity index (χ4v) is 4.01. The molecule has 0 bridgehead atoms. The maximum absolute atomic E-state index is 12.3. The number of nitrogens with zero attached hydrogens (tertiary/aromatic N) is 3. The lowest BCUT2D eigenvalue weighted by Crippen LogP contribution is -2.11. The van der Waals surface area contributed by atoms with Gasteiger partial charge in [-0.1, -0.05) is 38.5 Å². The van der Waals surface area contributed by atoms with Crippen LogP contribution in [-0.4, -0.2) is 31.1 Å². The first kappa shape index (κ1) is 20.9.